The maximum Gasteiger partial charge on any atom is 0.320 e. The average molecular weight is 386 g/mol. The van der Waals surface area contributed by atoms with Gasteiger partial charge >= 0.3 is 6.03 Å². The van der Waals surface area contributed by atoms with Gasteiger partial charge in [0.25, 0.3) is 0 Å². The molecule has 3 aromatic rings. The van der Waals surface area contributed by atoms with Gasteiger partial charge in [-0.05, 0) is 30.2 Å². The van der Waals surface area contributed by atoms with E-state index in [2.05, 4.69) is 70.2 Å². The van der Waals surface area contributed by atoms with Crippen LogP contribution in [-0.2, 0) is 13.1 Å². The molecule has 0 radical (unpaired) electrons. The molecule has 1 atom stereocenters. The molecule has 0 unspecified atom stereocenters. The van der Waals surface area contributed by atoms with E-state index in [9.17, 15) is 4.79 Å². The lowest BCUT2D eigenvalue weighted by atomic mass is 10.1. The zero-order valence-electron chi connectivity index (χ0n) is 16.8. The minimum Gasteiger partial charge on any atom is -0.318 e. The first kappa shape index (κ1) is 18.1. The lowest BCUT2D eigenvalue weighted by Gasteiger charge is -2.36. The molecule has 5 nitrogen and oxygen atoms in total. The van der Waals surface area contributed by atoms with Crippen LogP contribution in [0, 0.1) is 6.92 Å². The van der Waals surface area contributed by atoms with Crippen LogP contribution in [0.2, 0.25) is 0 Å². The van der Waals surface area contributed by atoms with Gasteiger partial charge in [0.05, 0.1) is 11.6 Å². The van der Waals surface area contributed by atoms with Gasteiger partial charge in [0.15, 0.2) is 0 Å². The van der Waals surface area contributed by atoms with Crippen LogP contribution in [0.25, 0.3) is 10.9 Å². The standard InChI is InChI=1S/C24H26N4O/c1-18-6-8-19(9-7-18)14-27-17-21-16-26(12-13-28(21)24(27)29)15-20-10-11-25-23-5-3-2-4-22(20)23/h2-11,21H,12-17H2,1H3/t21-/m1/s1. The van der Waals surface area contributed by atoms with Crippen molar-refractivity contribution in [3.8, 4) is 0 Å². The fourth-order valence-electron chi connectivity index (χ4n) is 4.57. The van der Waals surface area contributed by atoms with Crippen molar-refractivity contribution < 1.29 is 4.79 Å². The Hall–Kier alpha value is -2.92. The van der Waals surface area contributed by atoms with E-state index in [1.165, 1.54) is 22.1 Å². The normalized spacial score (nSPS) is 19.8. The number of pyridine rings is 1. The lowest BCUT2D eigenvalue weighted by Crippen LogP contribution is -2.51. The third-order valence-corrected chi connectivity index (χ3v) is 6.14. The highest BCUT2D eigenvalue weighted by Gasteiger charge is 2.40. The van der Waals surface area contributed by atoms with Crippen LogP contribution in [0.1, 0.15) is 16.7 Å². The number of rotatable bonds is 4. The minimum atomic E-state index is 0.185. The van der Waals surface area contributed by atoms with E-state index in [0.29, 0.717) is 6.54 Å². The molecule has 2 amide bonds. The smallest absolute Gasteiger partial charge is 0.318 e. The summed E-state index contributed by atoms with van der Waals surface area (Å²) < 4.78 is 0. The maximum absolute atomic E-state index is 12.9. The number of para-hydroxylation sites is 1. The second-order valence-corrected chi connectivity index (χ2v) is 8.22. The molecule has 0 spiro atoms. The van der Waals surface area contributed by atoms with Crippen molar-refractivity contribution in [2.45, 2.75) is 26.1 Å². The Morgan fingerprint density at radius 2 is 1.79 bits per heavy atom. The molecule has 0 bridgehead atoms. The van der Waals surface area contributed by atoms with Gasteiger partial charge < -0.3 is 9.80 Å². The number of hydrogen-bond acceptors (Lipinski definition) is 3. The lowest BCUT2D eigenvalue weighted by molar-refractivity contribution is 0.116. The van der Waals surface area contributed by atoms with Gasteiger partial charge in [-0.2, -0.15) is 0 Å². The molecule has 148 valence electrons. The Morgan fingerprint density at radius 3 is 2.66 bits per heavy atom. The van der Waals surface area contributed by atoms with Crippen LogP contribution in [0.5, 0.6) is 0 Å². The third kappa shape index (κ3) is 3.58. The maximum atomic E-state index is 12.9. The average Bonchev–Trinajstić information content (AvgIpc) is 3.05. The van der Waals surface area contributed by atoms with Gasteiger partial charge in [0, 0.05) is 50.9 Å². The topological polar surface area (TPSA) is 39.7 Å². The molecule has 2 fully saturated rings. The van der Waals surface area contributed by atoms with Gasteiger partial charge in [0.2, 0.25) is 0 Å². The number of benzene rings is 2. The summed E-state index contributed by atoms with van der Waals surface area (Å²) in [7, 11) is 0. The second-order valence-electron chi connectivity index (χ2n) is 8.22. The van der Waals surface area contributed by atoms with E-state index in [-0.39, 0.29) is 12.1 Å². The number of urea groups is 1. The van der Waals surface area contributed by atoms with Crippen molar-refractivity contribution in [1.29, 1.82) is 0 Å². The van der Waals surface area contributed by atoms with Crippen LogP contribution < -0.4 is 0 Å². The Bertz CT molecular complexity index is 1030. The number of carbonyl (C=O) groups is 1. The van der Waals surface area contributed by atoms with Crippen molar-refractivity contribution >= 4 is 16.9 Å². The number of nitrogens with zero attached hydrogens (tertiary/aromatic N) is 4. The van der Waals surface area contributed by atoms with E-state index in [1.54, 1.807) is 0 Å². The van der Waals surface area contributed by atoms with Gasteiger partial charge in [-0.3, -0.25) is 9.88 Å². The number of aryl methyl sites for hydroxylation is 1. The molecule has 2 aliphatic heterocycles. The zero-order valence-corrected chi connectivity index (χ0v) is 16.8. The van der Waals surface area contributed by atoms with E-state index in [1.807, 2.05) is 17.2 Å². The van der Waals surface area contributed by atoms with E-state index in [4.69, 9.17) is 0 Å². The summed E-state index contributed by atoms with van der Waals surface area (Å²) in [5.41, 5.74) is 4.80. The SMILES string of the molecule is Cc1ccc(CN2C[C@H]3CN(Cc4ccnc5ccccc45)CCN3C2=O)cc1. The van der Waals surface area contributed by atoms with Crippen molar-refractivity contribution in [1.82, 2.24) is 19.7 Å². The highest BCUT2D eigenvalue weighted by atomic mass is 16.2. The molecule has 29 heavy (non-hydrogen) atoms. The third-order valence-electron chi connectivity index (χ3n) is 6.14. The second kappa shape index (κ2) is 7.48. The first-order valence-corrected chi connectivity index (χ1v) is 10.3. The molecular weight excluding hydrogens is 360 g/mol. The number of fused-ring (bicyclic) bond motifs is 2. The number of hydrogen-bond donors (Lipinski definition) is 0. The minimum absolute atomic E-state index is 0.185. The number of aromatic nitrogens is 1. The Labute approximate surface area is 171 Å². The monoisotopic (exact) mass is 386 g/mol. The van der Waals surface area contributed by atoms with Crippen LogP contribution in [0.3, 0.4) is 0 Å². The molecular formula is C24H26N4O. The molecule has 3 heterocycles. The summed E-state index contributed by atoms with van der Waals surface area (Å²) in [5, 5.41) is 1.22. The fraction of sp³-hybridized carbons (Fsp3) is 0.333. The van der Waals surface area contributed by atoms with Crippen LogP contribution >= 0.6 is 0 Å². The summed E-state index contributed by atoms with van der Waals surface area (Å²) in [4.78, 5) is 23.9. The number of carbonyl (C=O) groups excluding carboxylic acids is 1. The molecule has 0 N–H and O–H groups in total. The van der Waals surface area contributed by atoms with Gasteiger partial charge in [0.1, 0.15) is 0 Å². The molecule has 5 rings (SSSR count). The highest BCUT2D eigenvalue weighted by Crippen LogP contribution is 2.25. The van der Waals surface area contributed by atoms with Crippen molar-refractivity contribution in [2.75, 3.05) is 26.2 Å². The van der Waals surface area contributed by atoms with Crippen molar-refractivity contribution in [3.63, 3.8) is 0 Å². The zero-order chi connectivity index (χ0) is 19.8. The van der Waals surface area contributed by atoms with Crippen molar-refractivity contribution in [3.05, 3.63) is 77.5 Å². The van der Waals surface area contributed by atoms with Gasteiger partial charge in [-0.25, -0.2) is 4.79 Å². The molecule has 2 aliphatic rings. The quantitative estimate of drug-likeness (QED) is 0.687. The first-order valence-electron chi connectivity index (χ1n) is 10.3. The molecule has 0 aliphatic carbocycles. The molecule has 2 aromatic carbocycles. The van der Waals surface area contributed by atoms with E-state index in [0.717, 1.165) is 38.2 Å². The predicted octanol–water partition coefficient (Wildman–Crippen LogP) is 3.67. The van der Waals surface area contributed by atoms with Gasteiger partial charge in [-0.15, -0.1) is 0 Å². The first-order chi connectivity index (χ1) is 14.2. The van der Waals surface area contributed by atoms with Crippen LogP contribution in [-0.4, -0.2) is 57.9 Å². The number of piperazine rings is 1. The molecule has 5 heteroatoms. The van der Waals surface area contributed by atoms with E-state index < -0.39 is 0 Å². The summed E-state index contributed by atoms with van der Waals surface area (Å²) in [5.74, 6) is 0. The molecule has 2 saturated heterocycles. The largest absolute Gasteiger partial charge is 0.320 e. The Kier molecular flexibility index (Phi) is 4.68. The summed E-state index contributed by atoms with van der Waals surface area (Å²) in [6.45, 7) is 7.13. The van der Waals surface area contributed by atoms with Gasteiger partial charge in [-0.1, -0.05) is 48.0 Å². The number of amides is 2. The Balaban J connectivity index is 1.27. The predicted molar refractivity (Wildman–Crippen MR) is 114 cm³/mol. The highest BCUT2D eigenvalue weighted by molar-refractivity contribution is 5.81. The molecule has 1 aromatic heterocycles. The van der Waals surface area contributed by atoms with Crippen molar-refractivity contribution in [2.24, 2.45) is 0 Å². The van der Waals surface area contributed by atoms with E-state index >= 15 is 0 Å². The summed E-state index contributed by atoms with van der Waals surface area (Å²) in [6.07, 6.45) is 1.90. The molecule has 0 saturated carbocycles. The fourth-order valence-corrected chi connectivity index (χ4v) is 4.57. The Morgan fingerprint density at radius 1 is 0.966 bits per heavy atom. The van der Waals surface area contributed by atoms with Crippen LogP contribution in [0.4, 0.5) is 4.79 Å². The summed E-state index contributed by atoms with van der Waals surface area (Å²) in [6, 6.07) is 19.4. The van der Waals surface area contributed by atoms with Crippen LogP contribution in [0.15, 0.2) is 60.8 Å². The summed E-state index contributed by atoms with van der Waals surface area (Å²) >= 11 is 0.